The summed E-state index contributed by atoms with van der Waals surface area (Å²) >= 11 is 1.93. The molecule has 4 heteroatoms. The van der Waals surface area contributed by atoms with E-state index in [-0.39, 0.29) is 5.91 Å². The van der Waals surface area contributed by atoms with Crippen LogP contribution in [0.4, 0.5) is 0 Å². The van der Waals surface area contributed by atoms with Crippen molar-refractivity contribution in [3.8, 4) is 0 Å². The van der Waals surface area contributed by atoms with Gasteiger partial charge < -0.3 is 10.6 Å². The molecule has 2 N–H and O–H groups in total. The molecule has 92 valence electrons. The van der Waals surface area contributed by atoms with Crippen molar-refractivity contribution in [2.45, 2.75) is 55.9 Å². The molecule has 0 spiro atoms. The topological polar surface area (TPSA) is 41.1 Å². The number of thioether (sulfide) groups is 1. The standard InChI is InChI=1S/C12H22N2OS/c1-16-11-5-4-10(7-11)14-12(15)8-9-3-2-6-13-9/h9-11,13H,2-8H2,1H3,(H,14,15). The largest absolute Gasteiger partial charge is 0.353 e. The highest BCUT2D eigenvalue weighted by Crippen LogP contribution is 2.28. The maximum absolute atomic E-state index is 11.8. The van der Waals surface area contributed by atoms with Gasteiger partial charge in [-0.2, -0.15) is 11.8 Å². The van der Waals surface area contributed by atoms with E-state index in [4.69, 9.17) is 0 Å². The van der Waals surface area contributed by atoms with Crippen LogP contribution in [0, 0.1) is 0 Å². The number of carbonyl (C=O) groups excluding carboxylic acids is 1. The van der Waals surface area contributed by atoms with Crippen LogP contribution in [0.5, 0.6) is 0 Å². The van der Waals surface area contributed by atoms with Crippen molar-refractivity contribution in [3.63, 3.8) is 0 Å². The highest BCUT2D eigenvalue weighted by atomic mass is 32.2. The van der Waals surface area contributed by atoms with E-state index in [1.165, 1.54) is 12.8 Å². The average Bonchev–Trinajstić information content (AvgIpc) is 2.89. The Balaban J connectivity index is 1.67. The maximum atomic E-state index is 11.8. The summed E-state index contributed by atoms with van der Waals surface area (Å²) in [7, 11) is 0. The molecule has 1 saturated carbocycles. The number of hydrogen-bond acceptors (Lipinski definition) is 3. The summed E-state index contributed by atoms with van der Waals surface area (Å²) in [6.07, 6.45) is 8.79. The third kappa shape index (κ3) is 3.39. The van der Waals surface area contributed by atoms with E-state index in [0.717, 1.165) is 31.1 Å². The molecule has 0 bridgehead atoms. The summed E-state index contributed by atoms with van der Waals surface area (Å²) in [5.74, 6) is 0.242. The van der Waals surface area contributed by atoms with Gasteiger partial charge >= 0.3 is 0 Å². The zero-order valence-corrected chi connectivity index (χ0v) is 10.8. The van der Waals surface area contributed by atoms with E-state index in [1.54, 1.807) is 0 Å². The van der Waals surface area contributed by atoms with E-state index in [1.807, 2.05) is 11.8 Å². The summed E-state index contributed by atoms with van der Waals surface area (Å²) in [6.45, 7) is 1.08. The minimum Gasteiger partial charge on any atom is -0.353 e. The monoisotopic (exact) mass is 242 g/mol. The van der Waals surface area contributed by atoms with Gasteiger partial charge in [-0.3, -0.25) is 4.79 Å². The van der Waals surface area contributed by atoms with Gasteiger partial charge in [0.2, 0.25) is 5.91 Å². The second-order valence-electron chi connectivity index (χ2n) is 4.93. The van der Waals surface area contributed by atoms with Gasteiger partial charge in [0.1, 0.15) is 0 Å². The van der Waals surface area contributed by atoms with Crippen molar-refractivity contribution in [3.05, 3.63) is 0 Å². The van der Waals surface area contributed by atoms with Crippen LogP contribution in [0.25, 0.3) is 0 Å². The molecule has 1 heterocycles. The maximum Gasteiger partial charge on any atom is 0.221 e. The van der Waals surface area contributed by atoms with Crippen LogP contribution >= 0.6 is 11.8 Å². The average molecular weight is 242 g/mol. The van der Waals surface area contributed by atoms with Gasteiger partial charge in [0, 0.05) is 23.8 Å². The molecule has 3 unspecified atom stereocenters. The molecule has 3 atom stereocenters. The van der Waals surface area contributed by atoms with Crippen molar-refractivity contribution in [2.24, 2.45) is 0 Å². The molecule has 1 aliphatic heterocycles. The molecule has 1 saturated heterocycles. The summed E-state index contributed by atoms with van der Waals surface area (Å²) in [5, 5.41) is 7.30. The molecule has 0 aromatic rings. The number of nitrogens with one attached hydrogen (secondary N) is 2. The third-order valence-electron chi connectivity index (χ3n) is 3.68. The molecule has 1 aliphatic carbocycles. The summed E-state index contributed by atoms with van der Waals surface area (Å²) < 4.78 is 0. The molecule has 16 heavy (non-hydrogen) atoms. The van der Waals surface area contributed by atoms with E-state index >= 15 is 0 Å². The Morgan fingerprint density at radius 1 is 1.44 bits per heavy atom. The normalized spacial score (nSPS) is 34.2. The Morgan fingerprint density at radius 2 is 2.31 bits per heavy atom. The Hall–Kier alpha value is -0.220. The predicted molar refractivity (Wildman–Crippen MR) is 68.7 cm³/mol. The molecule has 2 fully saturated rings. The lowest BCUT2D eigenvalue weighted by Crippen LogP contribution is -2.37. The summed E-state index contributed by atoms with van der Waals surface area (Å²) in [6, 6.07) is 0.865. The van der Waals surface area contributed by atoms with Crippen molar-refractivity contribution in [1.82, 2.24) is 10.6 Å². The lowest BCUT2D eigenvalue weighted by atomic mass is 10.1. The number of rotatable bonds is 4. The SMILES string of the molecule is CSC1CCC(NC(=O)CC2CCCN2)C1. The van der Waals surface area contributed by atoms with Crippen LogP contribution in [0.3, 0.4) is 0 Å². The predicted octanol–water partition coefficient (Wildman–Crippen LogP) is 1.53. The molecule has 2 rings (SSSR count). The van der Waals surface area contributed by atoms with Crippen LogP contribution in [0.15, 0.2) is 0 Å². The zero-order chi connectivity index (χ0) is 11.4. The number of amides is 1. The van der Waals surface area contributed by atoms with Crippen LogP contribution < -0.4 is 10.6 Å². The van der Waals surface area contributed by atoms with Crippen molar-refractivity contribution >= 4 is 17.7 Å². The zero-order valence-electron chi connectivity index (χ0n) is 10.00. The van der Waals surface area contributed by atoms with E-state index < -0.39 is 0 Å². The molecular formula is C12H22N2OS. The first-order valence-corrected chi connectivity index (χ1v) is 7.62. The Kier molecular flexibility index (Phi) is 4.53. The van der Waals surface area contributed by atoms with Crippen LogP contribution in [-0.4, -0.2) is 36.0 Å². The molecule has 1 amide bonds. The van der Waals surface area contributed by atoms with Gasteiger partial charge in [-0.15, -0.1) is 0 Å². The quantitative estimate of drug-likeness (QED) is 0.785. The van der Waals surface area contributed by atoms with Gasteiger partial charge in [-0.05, 0) is 44.9 Å². The van der Waals surface area contributed by atoms with Crippen molar-refractivity contribution < 1.29 is 4.79 Å². The lowest BCUT2D eigenvalue weighted by Gasteiger charge is -2.15. The first-order valence-electron chi connectivity index (χ1n) is 6.33. The van der Waals surface area contributed by atoms with Gasteiger partial charge in [0.15, 0.2) is 0 Å². The smallest absolute Gasteiger partial charge is 0.221 e. The molecular weight excluding hydrogens is 220 g/mol. The minimum atomic E-state index is 0.242. The number of carbonyl (C=O) groups is 1. The van der Waals surface area contributed by atoms with Crippen LogP contribution in [0.1, 0.15) is 38.5 Å². The van der Waals surface area contributed by atoms with E-state index in [9.17, 15) is 4.79 Å². The fourth-order valence-corrected chi connectivity index (χ4v) is 3.52. The van der Waals surface area contributed by atoms with Crippen molar-refractivity contribution in [1.29, 1.82) is 0 Å². The fraction of sp³-hybridized carbons (Fsp3) is 0.917. The number of hydrogen-bond donors (Lipinski definition) is 2. The highest BCUT2D eigenvalue weighted by molar-refractivity contribution is 7.99. The Morgan fingerprint density at radius 3 is 2.94 bits per heavy atom. The summed E-state index contributed by atoms with van der Waals surface area (Å²) in [5.41, 5.74) is 0. The second-order valence-corrected chi connectivity index (χ2v) is 6.07. The lowest BCUT2D eigenvalue weighted by molar-refractivity contribution is -0.122. The molecule has 3 nitrogen and oxygen atoms in total. The Labute approximate surface area is 102 Å². The molecule has 0 radical (unpaired) electrons. The Bertz CT molecular complexity index is 241. The highest BCUT2D eigenvalue weighted by Gasteiger charge is 2.26. The summed E-state index contributed by atoms with van der Waals surface area (Å²) in [4.78, 5) is 11.8. The van der Waals surface area contributed by atoms with E-state index in [2.05, 4.69) is 16.9 Å². The molecule has 0 aromatic carbocycles. The van der Waals surface area contributed by atoms with Crippen LogP contribution in [0.2, 0.25) is 0 Å². The van der Waals surface area contributed by atoms with Crippen LogP contribution in [-0.2, 0) is 4.79 Å². The first kappa shape index (κ1) is 12.2. The van der Waals surface area contributed by atoms with Gasteiger partial charge in [-0.25, -0.2) is 0 Å². The molecule has 2 aliphatic rings. The fourth-order valence-electron chi connectivity index (χ4n) is 2.73. The van der Waals surface area contributed by atoms with Crippen molar-refractivity contribution in [2.75, 3.05) is 12.8 Å². The van der Waals surface area contributed by atoms with Gasteiger partial charge in [0.05, 0.1) is 0 Å². The van der Waals surface area contributed by atoms with Gasteiger partial charge in [-0.1, -0.05) is 0 Å². The molecule has 0 aromatic heterocycles. The second kappa shape index (κ2) is 5.92. The minimum absolute atomic E-state index is 0.242. The van der Waals surface area contributed by atoms with Gasteiger partial charge in [0.25, 0.3) is 0 Å². The third-order valence-corrected chi connectivity index (χ3v) is 4.77. The first-order chi connectivity index (χ1) is 7.78. The van der Waals surface area contributed by atoms with E-state index in [0.29, 0.717) is 18.5 Å².